The van der Waals surface area contributed by atoms with Crippen molar-refractivity contribution in [3.63, 3.8) is 0 Å². The Kier molecular flexibility index (Phi) is 4.99. The number of hydrogen-bond acceptors (Lipinski definition) is 6. The average molecular weight is 377 g/mol. The molecule has 0 spiro atoms. The standard InChI is InChI=1S/C17H16FN3O4S/c1-9-13(26-14(20-9)11-3-5-12(18)6-4-11)16(23)25-10(2)15(22)21-8-7-19-17(21)24/h3-6,10H,7-8H2,1-2H3,(H,19,24)/t10-/m0/s1. The van der Waals surface area contributed by atoms with Gasteiger partial charge in [0.15, 0.2) is 6.10 Å². The summed E-state index contributed by atoms with van der Waals surface area (Å²) in [6.07, 6.45) is -1.10. The van der Waals surface area contributed by atoms with Crippen molar-refractivity contribution >= 4 is 29.2 Å². The molecular formula is C17H16FN3O4S. The predicted molar refractivity (Wildman–Crippen MR) is 92.2 cm³/mol. The minimum absolute atomic E-state index is 0.244. The number of aryl methyl sites for hydroxylation is 1. The first-order valence-corrected chi connectivity index (χ1v) is 8.72. The number of carbonyl (C=O) groups is 3. The molecule has 1 saturated heterocycles. The van der Waals surface area contributed by atoms with Crippen molar-refractivity contribution in [3.05, 3.63) is 40.7 Å². The molecule has 1 aromatic heterocycles. The van der Waals surface area contributed by atoms with Crippen LogP contribution in [0.2, 0.25) is 0 Å². The number of halogens is 1. The van der Waals surface area contributed by atoms with E-state index in [-0.39, 0.29) is 17.2 Å². The lowest BCUT2D eigenvalue weighted by Crippen LogP contribution is -2.41. The zero-order chi connectivity index (χ0) is 18.8. The second-order valence-corrected chi connectivity index (χ2v) is 6.71. The Balaban J connectivity index is 1.72. The van der Waals surface area contributed by atoms with Crippen LogP contribution in [0.25, 0.3) is 10.6 Å². The number of carbonyl (C=O) groups excluding carboxylic acids is 3. The minimum atomic E-state index is -1.10. The van der Waals surface area contributed by atoms with Crippen molar-refractivity contribution in [1.82, 2.24) is 15.2 Å². The van der Waals surface area contributed by atoms with Crippen LogP contribution < -0.4 is 5.32 Å². The van der Waals surface area contributed by atoms with Gasteiger partial charge in [0, 0.05) is 18.7 Å². The van der Waals surface area contributed by atoms with Crippen LogP contribution in [0.3, 0.4) is 0 Å². The summed E-state index contributed by atoms with van der Waals surface area (Å²) in [5.74, 6) is -1.62. The van der Waals surface area contributed by atoms with E-state index in [9.17, 15) is 18.8 Å². The summed E-state index contributed by atoms with van der Waals surface area (Å²) >= 11 is 1.10. The van der Waals surface area contributed by atoms with E-state index in [4.69, 9.17) is 4.74 Å². The molecule has 26 heavy (non-hydrogen) atoms. The van der Waals surface area contributed by atoms with E-state index in [0.29, 0.717) is 22.8 Å². The number of ether oxygens (including phenoxy) is 1. The van der Waals surface area contributed by atoms with Crippen LogP contribution in [0, 0.1) is 12.7 Å². The minimum Gasteiger partial charge on any atom is -0.448 e. The molecule has 7 nitrogen and oxygen atoms in total. The van der Waals surface area contributed by atoms with Gasteiger partial charge in [-0.05, 0) is 38.1 Å². The molecular weight excluding hydrogens is 361 g/mol. The number of imide groups is 1. The number of benzene rings is 1. The maximum Gasteiger partial charge on any atom is 0.351 e. The van der Waals surface area contributed by atoms with Crippen LogP contribution >= 0.6 is 11.3 Å². The first-order chi connectivity index (χ1) is 12.4. The van der Waals surface area contributed by atoms with Gasteiger partial charge in [-0.25, -0.2) is 19.0 Å². The van der Waals surface area contributed by atoms with Gasteiger partial charge in [0.05, 0.1) is 5.69 Å². The van der Waals surface area contributed by atoms with Crippen LogP contribution in [-0.2, 0) is 9.53 Å². The Morgan fingerprint density at radius 1 is 1.35 bits per heavy atom. The lowest BCUT2D eigenvalue weighted by Gasteiger charge is -2.17. The van der Waals surface area contributed by atoms with E-state index >= 15 is 0 Å². The second-order valence-electron chi connectivity index (χ2n) is 5.71. The molecule has 2 heterocycles. The zero-order valence-electron chi connectivity index (χ0n) is 14.1. The highest BCUT2D eigenvalue weighted by Gasteiger charge is 2.32. The summed E-state index contributed by atoms with van der Waals surface area (Å²) in [5, 5.41) is 3.06. The SMILES string of the molecule is Cc1nc(-c2ccc(F)cc2)sc1C(=O)O[C@@H](C)C(=O)N1CCNC1=O. The molecule has 1 aromatic carbocycles. The first-order valence-electron chi connectivity index (χ1n) is 7.90. The number of amides is 3. The third-order valence-electron chi connectivity index (χ3n) is 3.83. The van der Waals surface area contributed by atoms with Gasteiger partial charge >= 0.3 is 12.0 Å². The summed E-state index contributed by atoms with van der Waals surface area (Å²) < 4.78 is 18.2. The van der Waals surface area contributed by atoms with Crippen LogP contribution in [0.5, 0.6) is 0 Å². The number of nitrogens with one attached hydrogen (secondary N) is 1. The van der Waals surface area contributed by atoms with E-state index in [1.54, 1.807) is 19.1 Å². The maximum atomic E-state index is 13.0. The third kappa shape index (κ3) is 3.57. The molecule has 0 saturated carbocycles. The van der Waals surface area contributed by atoms with Gasteiger partial charge in [-0.2, -0.15) is 0 Å². The highest BCUT2D eigenvalue weighted by molar-refractivity contribution is 7.17. The molecule has 3 amide bonds. The van der Waals surface area contributed by atoms with Crippen molar-refractivity contribution in [2.24, 2.45) is 0 Å². The first kappa shape index (κ1) is 18.0. The normalized spacial score (nSPS) is 14.9. The second kappa shape index (κ2) is 7.20. The topological polar surface area (TPSA) is 88.6 Å². The van der Waals surface area contributed by atoms with E-state index in [2.05, 4.69) is 10.3 Å². The monoisotopic (exact) mass is 377 g/mol. The van der Waals surface area contributed by atoms with Crippen LogP contribution in [0.4, 0.5) is 9.18 Å². The molecule has 1 N–H and O–H groups in total. The lowest BCUT2D eigenvalue weighted by molar-refractivity contribution is -0.136. The summed E-state index contributed by atoms with van der Waals surface area (Å²) in [4.78, 5) is 41.7. The van der Waals surface area contributed by atoms with E-state index in [0.717, 1.165) is 16.2 Å². The molecule has 3 rings (SSSR count). The van der Waals surface area contributed by atoms with Gasteiger partial charge in [-0.1, -0.05) is 0 Å². The third-order valence-corrected chi connectivity index (χ3v) is 5.01. The Hall–Kier alpha value is -2.81. The fourth-order valence-corrected chi connectivity index (χ4v) is 3.42. The molecule has 136 valence electrons. The van der Waals surface area contributed by atoms with Gasteiger partial charge in [-0.3, -0.25) is 9.69 Å². The average Bonchev–Trinajstić information content (AvgIpc) is 3.20. The van der Waals surface area contributed by atoms with Crippen LogP contribution in [-0.4, -0.2) is 47.0 Å². The summed E-state index contributed by atoms with van der Waals surface area (Å²) in [6, 6.07) is 5.27. The summed E-state index contributed by atoms with van der Waals surface area (Å²) in [6.45, 7) is 3.69. The molecule has 1 atom stereocenters. The van der Waals surface area contributed by atoms with E-state index < -0.39 is 24.0 Å². The molecule has 0 bridgehead atoms. The van der Waals surface area contributed by atoms with E-state index in [1.807, 2.05) is 0 Å². The molecule has 0 unspecified atom stereocenters. The molecule has 1 fully saturated rings. The molecule has 2 aromatic rings. The maximum absolute atomic E-state index is 13.0. The molecule has 9 heteroatoms. The largest absolute Gasteiger partial charge is 0.448 e. The van der Waals surface area contributed by atoms with Gasteiger partial charge < -0.3 is 10.1 Å². The summed E-state index contributed by atoms with van der Waals surface area (Å²) in [5.41, 5.74) is 1.13. The van der Waals surface area contributed by atoms with Crippen molar-refractivity contribution in [2.45, 2.75) is 20.0 Å². The number of esters is 1. The number of rotatable bonds is 4. The predicted octanol–water partition coefficient (Wildman–Crippen LogP) is 2.35. The van der Waals surface area contributed by atoms with Crippen LogP contribution in [0.1, 0.15) is 22.3 Å². The van der Waals surface area contributed by atoms with Crippen molar-refractivity contribution in [1.29, 1.82) is 0 Å². The number of aromatic nitrogens is 1. The van der Waals surface area contributed by atoms with Crippen molar-refractivity contribution in [3.8, 4) is 10.6 Å². The van der Waals surface area contributed by atoms with Crippen LogP contribution in [0.15, 0.2) is 24.3 Å². The fourth-order valence-electron chi connectivity index (χ4n) is 2.47. The van der Waals surface area contributed by atoms with E-state index in [1.165, 1.54) is 19.1 Å². The smallest absolute Gasteiger partial charge is 0.351 e. The Morgan fingerprint density at radius 2 is 2.04 bits per heavy atom. The molecule has 0 radical (unpaired) electrons. The number of hydrogen-bond donors (Lipinski definition) is 1. The quantitative estimate of drug-likeness (QED) is 0.827. The van der Waals surface area contributed by atoms with Gasteiger partial charge in [-0.15, -0.1) is 11.3 Å². The van der Waals surface area contributed by atoms with Gasteiger partial charge in [0.25, 0.3) is 5.91 Å². The Labute approximate surface area is 152 Å². The Morgan fingerprint density at radius 3 is 2.65 bits per heavy atom. The fraction of sp³-hybridized carbons (Fsp3) is 0.294. The number of thiazole rings is 1. The molecule has 1 aliphatic heterocycles. The highest BCUT2D eigenvalue weighted by Crippen LogP contribution is 2.28. The summed E-state index contributed by atoms with van der Waals surface area (Å²) in [7, 11) is 0. The number of urea groups is 1. The lowest BCUT2D eigenvalue weighted by atomic mass is 10.2. The highest BCUT2D eigenvalue weighted by atomic mass is 32.1. The zero-order valence-corrected chi connectivity index (χ0v) is 14.9. The van der Waals surface area contributed by atoms with Crippen molar-refractivity contribution in [2.75, 3.05) is 13.1 Å². The van der Waals surface area contributed by atoms with Gasteiger partial charge in [0.1, 0.15) is 15.7 Å². The Bertz CT molecular complexity index is 865. The van der Waals surface area contributed by atoms with Gasteiger partial charge in [0.2, 0.25) is 0 Å². The molecule has 1 aliphatic rings. The molecule has 0 aliphatic carbocycles. The van der Waals surface area contributed by atoms with Crippen molar-refractivity contribution < 1.29 is 23.5 Å². The number of nitrogens with zero attached hydrogens (tertiary/aromatic N) is 2.